The lowest BCUT2D eigenvalue weighted by Gasteiger charge is -2.26. The number of rotatable bonds is 15. The second kappa shape index (κ2) is 16.7. The molecule has 316 valence electrons. The highest BCUT2D eigenvalue weighted by atomic mass is 32.2. The SMILES string of the molecule is COSCCCNc1nc(Nc2cccc(S(=O)(=O)O)c2)nc(Nc2c(C)c(Nc3cc(S(=O)(=O)O)c(N)c4c3C(=O)c3ccccc3C4=O)c(C)c(S(=O)(=O)O)c2C)n1. The molecular weight excluding hydrogens is 865 g/mol. The lowest BCUT2D eigenvalue weighted by molar-refractivity contribution is 0.0980. The van der Waals surface area contributed by atoms with Crippen molar-refractivity contribution in [2.45, 2.75) is 41.9 Å². The number of carbonyl (C=O) groups excluding carboxylic acids is 2. The Morgan fingerprint density at radius 2 is 1.28 bits per heavy atom. The molecule has 1 aromatic heterocycles. The highest BCUT2D eigenvalue weighted by Crippen LogP contribution is 2.44. The highest BCUT2D eigenvalue weighted by Gasteiger charge is 2.37. The predicted molar refractivity (Wildman–Crippen MR) is 223 cm³/mol. The molecule has 0 spiro atoms. The van der Waals surface area contributed by atoms with E-state index in [4.69, 9.17) is 9.92 Å². The van der Waals surface area contributed by atoms with Crippen LogP contribution in [-0.2, 0) is 34.5 Å². The zero-order chi connectivity index (χ0) is 43.9. The molecule has 9 N–H and O–H groups in total. The van der Waals surface area contributed by atoms with Gasteiger partial charge in [0.25, 0.3) is 30.4 Å². The van der Waals surface area contributed by atoms with E-state index in [1.807, 2.05) is 0 Å². The summed E-state index contributed by atoms with van der Waals surface area (Å²) < 4.78 is 110. The summed E-state index contributed by atoms with van der Waals surface area (Å²) in [4.78, 5) is 39.1. The minimum Gasteiger partial charge on any atom is -0.397 e. The van der Waals surface area contributed by atoms with Gasteiger partial charge in [-0.1, -0.05) is 30.3 Å². The molecule has 0 radical (unpaired) electrons. The number of nitrogens with zero attached hydrogens (tertiary/aromatic N) is 3. The molecule has 0 aliphatic heterocycles. The molecule has 0 bridgehead atoms. The Balaban J connectivity index is 1.51. The fraction of sp³-hybridized carbons (Fsp3) is 0.194. The first-order valence-electron chi connectivity index (χ1n) is 17.4. The fourth-order valence-electron chi connectivity index (χ4n) is 6.65. The number of fused-ring (bicyclic) bond motifs is 2. The smallest absolute Gasteiger partial charge is 0.296 e. The lowest BCUT2D eigenvalue weighted by atomic mass is 9.82. The van der Waals surface area contributed by atoms with Gasteiger partial charge in [-0.25, -0.2) is 0 Å². The number of nitrogens with one attached hydrogen (secondary N) is 4. The number of nitrogens with two attached hydrogens (primary N) is 1. The van der Waals surface area contributed by atoms with Crippen molar-refractivity contribution in [1.29, 1.82) is 0 Å². The van der Waals surface area contributed by atoms with Crippen LogP contribution in [0.2, 0.25) is 0 Å². The van der Waals surface area contributed by atoms with E-state index in [-0.39, 0.29) is 74.0 Å². The Bertz CT molecular complexity index is 2950. The zero-order valence-corrected chi connectivity index (χ0v) is 35.2. The van der Waals surface area contributed by atoms with Gasteiger partial charge < -0.3 is 31.2 Å². The van der Waals surface area contributed by atoms with E-state index < -0.39 is 67.9 Å². The predicted octanol–water partition coefficient (Wildman–Crippen LogP) is 5.22. The van der Waals surface area contributed by atoms with E-state index in [1.165, 1.54) is 82.4 Å². The van der Waals surface area contributed by atoms with Crippen LogP contribution in [0.3, 0.4) is 0 Å². The molecular formula is C36H36N8O12S4. The van der Waals surface area contributed by atoms with Crippen molar-refractivity contribution >= 4 is 100 Å². The average Bonchev–Trinajstić information content (AvgIpc) is 3.16. The van der Waals surface area contributed by atoms with Gasteiger partial charge in [0.1, 0.15) is 9.79 Å². The van der Waals surface area contributed by atoms with Gasteiger partial charge in [-0.15, -0.1) is 0 Å². The topological polar surface area (TPSA) is 319 Å². The number of anilines is 8. The number of hydrogen-bond donors (Lipinski definition) is 8. The van der Waals surface area contributed by atoms with Crippen molar-refractivity contribution in [3.05, 3.63) is 93.5 Å². The van der Waals surface area contributed by atoms with Crippen LogP contribution in [0.15, 0.2) is 69.3 Å². The van der Waals surface area contributed by atoms with E-state index >= 15 is 0 Å². The molecule has 0 saturated carbocycles. The average molecular weight is 901 g/mol. The van der Waals surface area contributed by atoms with Gasteiger partial charge in [0, 0.05) is 34.8 Å². The maximum absolute atomic E-state index is 14.0. The van der Waals surface area contributed by atoms with E-state index in [9.17, 15) is 48.5 Å². The van der Waals surface area contributed by atoms with Crippen LogP contribution in [0.1, 0.15) is 55.0 Å². The van der Waals surface area contributed by atoms with Crippen molar-refractivity contribution in [2.75, 3.05) is 46.4 Å². The Morgan fingerprint density at radius 3 is 1.87 bits per heavy atom. The number of carbonyl (C=O) groups is 2. The quantitative estimate of drug-likeness (QED) is 0.0283. The summed E-state index contributed by atoms with van der Waals surface area (Å²) in [6, 6.07) is 11.7. The van der Waals surface area contributed by atoms with Crippen LogP contribution in [0.25, 0.3) is 0 Å². The van der Waals surface area contributed by atoms with Gasteiger partial charge in [-0.3, -0.25) is 23.2 Å². The lowest BCUT2D eigenvalue weighted by Crippen LogP contribution is -2.25. The van der Waals surface area contributed by atoms with Gasteiger partial charge in [0.15, 0.2) is 11.6 Å². The van der Waals surface area contributed by atoms with Gasteiger partial charge >= 0.3 is 0 Å². The number of aromatic nitrogens is 3. The number of benzene rings is 4. The fourth-order valence-corrected chi connectivity index (χ4v) is 9.23. The van der Waals surface area contributed by atoms with E-state index in [0.717, 1.165) is 12.1 Å². The van der Waals surface area contributed by atoms with Crippen LogP contribution < -0.4 is 27.0 Å². The summed E-state index contributed by atoms with van der Waals surface area (Å²) in [5.74, 6) is -1.27. The molecule has 60 heavy (non-hydrogen) atoms. The van der Waals surface area contributed by atoms with Gasteiger partial charge in [-0.2, -0.15) is 40.2 Å². The standard InChI is InChI=1S/C36H36N8O12S4/c1-17-29(40-24-16-25(59(50,51)52)28(37)27-26(24)31(45)22-11-5-6-12-23(22)32(27)46)18(2)33(60(53,54)55)19(3)30(17)41-36-43-34(38-13-8-14-57-56-4)42-35(44-36)39-20-9-7-10-21(15-20)58(47,48)49/h5-7,9-12,15-16,40H,8,13-14,37H2,1-4H3,(H,47,48,49)(H,50,51,52)(H,53,54,55)(H3,38,39,41,42,43,44). The van der Waals surface area contributed by atoms with Crippen molar-refractivity contribution in [3.63, 3.8) is 0 Å². The van der Waals surface area contributed by atoms with Crippen LogP contribution >= 0.6 is 12.0 Å². The number of ketones is 2. The van der Waals surface area contributed by atoms with Crippen molar-refractivity contribution < 1.29 is 52.7 Å². The van der Waals surface area contributed by atoms with Crippen molar-refractivity contribution in [3.8, 4) is 0 Å². The summed E-state index contributed by atoms with van der Waals surface area (Å²) in [5.41, 5.74) is 4.28. The number of nitrogen functional groups attached to an aromatic ring is 1. The minimum atomic E-state index is -5.12. The van der Waals surface area contributed by atoms with E-state index in [0.29, 0.717) is 18.7 Å². The number of hydrogen-bond acceptors (Lipinski definition) is 18. The summed E-state index contributed by atoms with van der Waals surface area (Å²) in [6.07, 6.45) is 0.600. The zero-order valence-electron chi connectivity index (χ0n) is 31.9. The third-order valence-corrected chi connectivity index (χ3v) is 12.8. The van der Waals surface area contributed by atoms with Crippen LogP contribution in [0.5, 0.6) is 0 Å². The maximum Gasteiger partial charge on any atom is 0.296 e. The Kier molecular flexibility index (Phi) is 12.2. The molecule has 0 unspecified atom stereocenters. The third kappa shape index (κ3) is 8.90. The summed E-state index contributed by atoms with van der Waals surface area (Å²) in [5, 5.41) is 11.7. The third-order valence-electron chi connectivity index (χ3n) is 9.24. The first-order valence-corrected chi connectivity index (χ1v) is 22.6. The van der Waals surface area contributed by atoms with Crippen molar-refractivity contribution in [1.82, 2.24) is 15.0 Å². The van der Waals surface area contributed by atoms with Crippen molar-refractivity contribution in [2.24, 2.45) is 0 Å². The van der Waals surface area contributed by atoms with Gasteiger partial charge in [-0.05, 0) is 80.2 Å². The molecule has 0 saturated heterocycles. The van der Waals surface area contributed by atoms with Gasteiger partial charge in [0.05, 0.1) is 40.2 Å². The molecule has 4 aromatic carbocycles. The molecule has 1 heterocycles. The monoisotopic (exact) mass is 900 g/mol. The molecule has 1 aliphatic rings. The summed E-state index contributed by atoms with van der Waals surface area (Å²) in [6.45, 7) is 4.58. The molecule has 5 aromatic rings. The molecule has 0 amide bonds. The highest BCUT2D eigenvalue weighted by molar-refractivity contribution is 7.94. The molecule has 24 heteroatoms. The molecule has 20 nitrogen and oxygen atoms in total. The van der Waals surface area contributed by atoms with E-state index in [2.05, 4.69) is 36.2 Å². The molecule has 0 atom stereocenters. The summed E-state index contributed by atoms with van der Waals surface area (Å²) in [7, 11) is -13.2. The molecule has 6 rings (SSSR count). The Hall–Kier alpha value is -5.73. The second-order valence-electron chi connectivity index (χ2n) is 13.1. The summed E-state index contributed by atoms with van der Waals surface area (Å²) >= 11 is 1.23. The maximum atomic E-state index is 14.0. The second-order valence-corrected chi connectivity index (χ2v) is 18.3. The minimum absolute atomic E-state index is 0.00393. The first-order chi connectivity index (χ1) is 28.1. The largest absolute Gasteiger partial charge is 0.397 e. The molecule has 0 fully saturated rings. The van der Waals surface area contributed by atoms with Gasteiger partial charge in [0.2, 0.25) is 17.8 Å². The van der Waals surface area contributed by atoms with E-state index in [1.54, 1.807) is 0 Å². The Morgan fingerprint density at radius 1 is 0.700 bits per heavy atom. The normalized spacial score (nSPS) is 12.8. The van der Waals surface area contributed by atoms with Crippen LogP contribution in [0.4, 0.5) is 46.3 Å². The Labute approximate surface area is 348 Å². The van der Waals surface area contributed by atoms with Crippen LogP contribution in [0, 0.1) is 20.8 Å². The first kappa shape index (κ1) is 43.8. The molecule has 1 aliphatic carbocycles. The van der Waals surface area contributed by atoms with Crippen LogP contribution in [-0.4, -0.2) is 84.8 Å².